The van der Waals surface area contributed by atoms with Gasteiger partial charge in [0.1, 0.15) is 0 Å². The molecule has 0 aromatic heterocycles. The van der Waals surface area contributed by atoms with Gasteiger partial charge in [0.2, 0.25) is 20.6 Å². The quantitative estimate of drug-likeness (QED) is 0.541. The molecule has 0 heterocycles. The summed E-state index contributed by atoms with van der Waals surface area (Å²) in [5.74, 6) is -1.79. The molecule has 0 aliphatic heterocycles. The van der Waals surface area contributed by atoms with Gasteiger partial charge in [0.15, 0.2) is 4.86 Å². The summed E-state index contributed by atoms with van der Waals surface area (Å²) in [6.07, 6.45) is 0. The van der Waals surface area contributed by atoms with Crippen molar-refractivity contribution in [1.29, 1.82) is 0 Å². The zero-order valence-corrected chi connectivity index (χ0v) is 7.44. The van der Waals surface area contributed by atoms with E-state index in [2.05, 4.69) is 0 Å². The molecule has 0 radical (unpaired) electrons. The molecular weight excluding hydrogens is 208 g/mol. The van der Waals surface area contributed by atoms with Gasteiger partial charge in [-0.25, -0.2) is 4.79 Å². The van der Waals surface area contributed by atoms with E-state index in [4.69, 9.17) is 5.11 Å². The second kappa shape index (κ2) is 4.02. The molecule has 0 aliphatic carbocycles. The maximum atomic E-state index is 10.2. The van der Waals surface area contributed by atoms with Crippen molar-refractivity contribution in [3.63, 3.8) is 0 Å². The lowest BCUT2D eigenvalue weighted by atomic mass is 10.3. The lowest BCUT2D eigenvalue weighted by molar-refractivity contribution is -0.128. The number of rotatable bonds is 2. The Balaban J connectivity index is 5.90. The van der Waals surface area contributed by atoms with Crippen LogP contribution in [-0.4, -0.2) is 37.6 Å². The number of carboxylic acid groups (broad SMARTS) is 1. The smallest absolute Gasteiger partial charge is 0.352 e. The molecule has 8 heteroatoms. The highest BCUT2D eigenvalue weighted by Crippen LogP contribution is 1.79. The fourth-order valence-corrected chi connectivity index (χ4v) is 1.44. The van der Waals surface area contributed by atoms with Gasteiger partial charge >= 0.3 is 5.97 Å². The number of carbonyl (C=O) groups is 1. The largest absolute Gasteiger partial charge is 0.477 e. The maximum absolute atomic E-state index is 10.2. The number of aliphatic carboxylic acids is 1. The zero-order chi connectivity index (χ0) is 9.89. The molecule has 1 N–H and O–H groups in total. The van der Waals surface area contributed by atoms with Crippen molar-refractivity contribution in [3.8, 4) is 0 Å². The summed E-state index contributed by atoms with van der Waals surface area (Å²) < 4.78 is 40.7. The van der Waals surface area contributed by atoms with Crippen molar-refractivity contribution in [2.75, 3.05) is 0 Å². The van der Waals surface area contributed by atoms with Crippen LogP contribution in [0.4, 0.5) is 0 Å². The van der Waals surface area contributed by atoms with Crippen LogP contribution in [0, 0.1) is 0 Å². The van der Waals surface area contributed by atoms with Crippen molar-refractivity contribution in [3.05, 3.63) is 0 Å². The van der Waals surface area contributed by atoms with Crippen LogP contribution in [0.3, 0.4) is 0 Å². The highest BCUT2D eigenvalue weighted by Gasteiger charge is 2.16. The standard InChI is InChI=1S/C4H4O6S2/c1-2(11(7)8)3(4(5)6)12(9)10/h1H3,(H,5,6). The Hall–Kier alpha value is -1.15. The van der Waals surface area contributed by atoms with Gasteiger partial charge in [-0.2, -0.15) is 16.8 Å². The molecule has 0 bridgehead atoms. The first-order valence-corrected chi connectivity index (χ1v) is 4.65. The van der Waals surface area contributed by atoms with Crippen molar-refractivity contribution >= 4 is 36.3 Å². The molecular formula is C4H4O6S2. The van der Waals surface area contributed by atoms with E-state index in [1.54, 1.807) is 0 Å². The molecule has 6 nitrogen and oxygen atoms in total. The van der Waals surface area contributed by atoms with E-state index in [-0.39, 0.29) is 0 Å². The summed E-state index contributed by atoms with van der Waals surface area (Å²) in [5.41, 5.74) is 0. The first-order chi connectivity index (χ1) is 5.37. The third-order valence-corrected chi connectivity index (χ3v) is 2.58. The second-order valence-electron chi connectivity index (χ2n) is 1.66. The predicted molar refractivity (Wildman–Crippen MR) is 41.2 cm³/mol. The van der Waals surface area contributed by atoms with E-state index in [0.29, 0.717) is 0 Å². The van der Waals surface area contributed by atoms with E-state index in [9.17, 15) is 21.6 Å². The van der Waals surface area contributed by atoms with Crippen LogP contribution in [0.25, 0.3) is 0 Å². The number of hydrogen-bond donors (Lipinski definition) is 1. The van der Waals surface area contributed by atoms with E-state index in [0.717, 1.165) is 6.92 Å². The van der Waals surface area contributed by atoms with Gasteiger partial charge in [0.05, 0.1) is 4.86 Å². The van der Waals surface area contributed by atoms with Crippen molar-refractivity contribution in [2.45, 2.75) is 6.92 Å². The van der Waals surface area contributed by atoms with Crippen molar-refractivity contribution < 1.29 is 26.7 Å². The SMILES string of the molecule is CC(C(C(=O)O)=S(=O)=O)=S(=O)=O. The van der Waals surface area contributed by atoms with Crippen LogP contribution in [0.2, 0.25) is 0 Å². The fourth-order valence-electron chi connectivity index (χ4n) is 0.415. The Kier molecular flexibility index (Phi) is 3.64. The molecule has 0 unspecified atom stereocenters. The normalized spacial score (nSPS) is 8.75. The third-order valence-electron chi connectivity index (χ3n) is 0.931. The highest BCUT2D eigenvalue weighted by molar-refractivity contribution is 7.84. The fraction of sp³-hybridized carbons (Fsp3) is 0.250. The molecule has 0 saturated carbocycles. The maximum Gasteiger partial charge on any atom is 0.352 e. The van der Waals surface area contributed by atoms with E-state index >= 15 is 0 Å². The minimum atomic E-state index is -3.05. The molecule has 68 valence electrons. The lowest BCUT2D eigenvalue weighted by Crippen LogP contribution is -2.22. The monoisotopic (exact) mass is 212 g/mol. The van der Waals surface area contributed by atoms with Crippen LogP contribution in [0.1, 0.15) is 6.92 Å². The molecule has 0 saturated heterocycles. The van der Waals surface area contributed by atoms with Crippen LogP contribution >= 0.6 is 0 Å². The van der Waals surface area contributed by atoms with Crippen LogP contribution in [0.15, 0.2) is 0 Å². The predicted octanol–water partition coefficient (Wildman–Crippen LogP) is -1.81. The summed E-state index contributed by atoms with van der Waals surface area (Å²) in [6.45, 7) is 0.891. The number of hydrogen-bond acceptors (Lipinski definition) is 5. The second-order valence-corrected chi connectivity index (χ2v) is 3.62. The minimum Gasteiger partial charge on any atom is -0.477 e. The van der Waals surface area contributed by atoms with Gasteiger partial charge in [-0.05, 0) is 6.92 Å². The third kappa shape index (κ3) is 2.47. The number of carboxylic acids is 1. The van der Waals surface area contributed by atoms with Crippen LogP contribution in [-0.2, 0) is 25.4 Å². The zero-order valence-electron chi connectivity index (χ0n) is 5.80. The molecule has 0 fully saturated rings. The summed E-state index contributed by atoms with van der Waals surface area (Å²) in [7, 11) is -5.87. The van der Waals surface area contributed by atoms with Gasteiger partial charge in [-0.15, -0.1) is 0 Å². The van der Waals surface area contributed by atoms with Gasteiger partial charge < -0.3 is 5.11 Å². The van der Waals surface area contributed by atoms with Gasteiger partial charge in [0, 0.05) is 0 Å². The van der Waals surface area contributed by atoms with Gasteiger partial charge in [0.25, 0.3) is 0 Å². The molecule has 12 heavy (non-hydrogen) atoms. The molecule has 0 aromatic carbocycles. The molecule has 0 aromatic rings. The van der Waals surface area contributed by atoms with Crippen LogP contribution < -0.4 is 0 Å². The average molecular weight is 212 g/mol. The summed E-state index contributed by atoms with van der Waals surface area (Å²) >= 11 is 0. The molecule has 0 rings (SSSR count). The minimum absolute atomic E-state index is 0.712. The highest BCUT2D eigenvalue weighted by atomic mass is 32.2. The molecule has 0 spiro atoms. The Morgan fingerprint density at radius 3 is 1.58 bits per heavy atom. The van der Waals surface area contributed by atoms with Crippen molar-refractivity contribution in [1.82, 2.24) is 0 Å². The molecule has 0 aliphatic rings. The van der Waals surface area contributed by atoms with Crippen molar-refractivity contribution in [2.24, 2.45) is 0 Å². The Morgan fingerprint density at radius 1 is 1.08 bits per heavy atom. The van der Waals surface area contributed by atoms with E-state index in [1.165, 1.54) is 0 Å². The van der Waals surface area contributed by atoms with Gasteiger partial charge in [-0.1, -0.05) is 0 Å². The lowest BCUT2D eigenvalue weighted by Gasteiger charge is -1.87. The first-order valence-electron chi connectivity index (χ1n) is 2.50. The summed E-state index contributed by atoms with van der Waals surface area (Å²) in [4.78, 5) is 8.31. The Morgan fingerprint density at radius 2 is 1.50 bits per heavy atom. The van der Waals surface area contributed by atoms with Crippen LogP contribution in [0.5, 0.6) is 0 Å². The Bertz CT molecular complexity index is 446. The summed E-state index contributed by atoms with van der Waals surface area (Å²) in [5, 5.41) is 8.24. The molecule has 0 atom stereocenters. The first kappa shape index (κ1) is 10.8. The Labute approximate surface area is 70.5 Å². The van der Waals surface area contributed by atoms with Gasteiger partial charge in [-0.3, -0.25) is 0 Å². The summed E-state index contributed by atoms with van der Waals surface area (Å²) in [6, 6.07) is 0. The molecule has 0 amide bonds. The van der Waals surface area contributed by atoms with E-state index < -0.39 is 36.3 Å². The topological polar surface area (TPSA) is 106 Å². The van der Waals surface area contributed by atoms with E-state index in [1.807, 2.05) is 0 Å². The average Bonchev–Trinajstić information content (AvgIpc) is 1.85.